The van der Waals surface area contributed by atoms with E-state index in [1.165, 1.54) is 42.5 Å². The van der Waals surface area contributed by atoms with Crippen LogP contribution in [0.15, 0.2) is 47.4 Å². The zero-order chi connectivity index (χ0) is 17.7. The molecule has 1 amide bonds. The summed E-state index contributed by atoms with van der Waals surface area (Å²) >= 11 is 17.3. The Kier molecular flexibility index (Phi) is 6.31. The Hall–Kier alpha value is -1.51. The number of rotatable bonds is 6. The summed E-state index contributed by atoms with van der Waals surface area (Å²) < 4.78 is 29.1. The van der Waals surface area contributed by atoms with Gasteiger partial charge in [-0.15, -0.1) is 4.83 Å². The molecule has 2 N–H and O–H groups in total. The largest absolute Gasteiger partial charge is 0.484 e. The Morgan fingerprint density at radius 3 is 2.12 bits per heavy atom. The van der Waals surface area contributed by atoms with E-state index in [1.807, 2.05) is 10.3 Å². The predicted molar refractivity (Wildman–Crippen MR) is 91.9 cm³/mol. The van der Waals surface area contributed by atoms with Crippen LogP contribution in [-0.4, -0.2) is 20.9 Å². The lowest BCUT2D eigenvalue weighted by Gasteiger charge is -2.10. The van der Waals surface area contributed by atoms with E-state index in [4.69, 9.17) is 39.5 Å². The molecule has 0 aromatic heterocycles. The summed E-state index contributed by atoms with van der Waals surface area (Å²) in [6.45, 7) is -0.431. The van der Waals surface area contributed by atoms with Gasteiger partial charge < -0.3 is 4.74 Å². The van der Waals surface area contributed by atoms with Crippen LogP contribution in [0.3, 0.4) is 0 Å². The van der Waals surface area contributed by atoms with Crippen LogP contribution in [0.5, 0.6) is 5.75 Å². The fraction of sp³-hybridized carbons (Fsp3) is 0.0714. The van der Waals surface area contributed by atoms with Gasteiger partial charge in [0.05, 0.1) is 4.90 Å². The molecular weight excluding hydrogens is 399 g/mol. The minimum atomic E-state index is -3.91. The van der Waals surface area contributed by atoms with Gasteiger partial charge >= 0.3 is 0 Å². The number of nitrogens with one attached hydrogen (secondary N) is 2. The molecular formula is C14H11Cl3N2O4S. The van der Waals surface area contributed by atoms with E-state index in [0.29, 0.717) is 15.1 Å². The Morgan fingerprint density at radius 1 is 0.958 bits per heavy atom. The van der Waals surface area contributed by atoms with Gasteiger partial charge in [-0.2, -0.15) is 0 Å². The Bertz CT molecular complexity index is 821. The number of sulfonamides is 1. The van der Waals surface area contributed by atoms with Crippen molar-refractivity contribution in [3.05, 3.63) is 57.5 Å². The average Bonchev–Trinajstić information content (AvgIpc) is 2.50. The highest BCUT2D eigenvalue weighted by Crippen LogP contribution is 2.24. The molecule has 128 valence electrons. The Labute approximate surface area is 153 Å². The molecule has 0 saturated heterocycles. The number of halogens is 3. The molecule has 0 aliphatic carbocycles. The number of benzene rings is 2. The number of carbonyl (C=O) groups excluding carboxylic acids is 1. The van der Waals surface area contributed by atoms with E-state index in [-0.39, 0.29) is 10.6 Å². The van der Waals surface area contributed by atoms with Crippen LogP contribution in [0.2, 0.25) is 15.1 Å². The molecule has 0 atom stereocenters. The summed E-state index contributed by atoms with van der Waals surface area (Å²) in [4.78, 5) is 13.6. The van der Waals surface area contributed by atoms with Gasteiger partial charge in [0, 0.05) is 15.1 Å². The highest BCUT2D eigenvalue weighted by atomic mass is 35.5. The SMILES string of the molecule is O=C(COc1cc(Cl)cc(Cl)c1)NNS(=O)(=O)c1ccc(Cl)cc1. The molecule has 2 rings (SSSR count). The molecule has 2 aromatic rings. The molecule has 0 spiro atoms. The lowest BCUT2D eigenvalue weighted by atomic mass is 10.3. The Morgan fingerprint density at radius 2 is 1.54 bits per heavy atom. The average molecular weight is 410 g/mol. The van der Waals surface area contributed by atoms with Crippen molar-refractivity contribution in [2.45, 2.75) is 4.90 Å². The first-order chi connectivity index (χ1) is 11.3. The second-order valence-corrected chi connectivity index (χ2v) is 7.49. The molecule has 24 heavy (non-hydrogen) atoms. The topological polar surface area (TPSA) is 84.5 Å². The van der Waals surface area contributed by atoms with Crippen molar-refractivity contribution in [3.8, 4) is 5.75 Å². The monoisotopic (exact) mass is 408 g/mol. The third-order valence-corrected chi connectivity index (χ3v) is 4.61. The third-order valence-electron chi connectivity index (χ3n) is 2.65. The van der Waals surface area contributed by atoms with Crippen molar-refractivity contribution < 1.29 is 17.9 Å². The summed E-state index contributed by atoms with van der Waals surface area (Å²) in [7, 11) is -3.91. The van der Waals surface area contributed by atoms with Crippen LogP contribution in [0, 0.1) is 0 Å². The number of hydrogen-bond donors (Lipinski definition) is 2. The van der Waals surface area contributed by atoms with Gasteiger partial charge in [-0.3, -0.25) is 10.2 Å². The molecule has 0 saturated carbocycles. The summed E-state index contributed by atoms with van der Waals surface area (Å²) in [5.41, 5.74) is 2.03. The number of hydrogen-bond acceptors (Lipinski definition) is 4. The van der Waals surface area contributed by atoms with E-state index < -0.39 is 22.5 Å². The maximum atomic E-state index is 12.0. The molecule has 0 fully saturated rings. The van der Waals surface area contributed by atoms with Crippen molar-refractivity contribution in [2.24, 2.45) is 0 Å². The van der Waals surface area contributed by atoms with Crippen molar-refractivity contribution in [2.75, 3.05) is 6.61 Å². The molecule has 0 bridgehead atoms. The quantitative estimate of drug-likeness (QED) is 0.718. The molecule has 0 heterocycles. The highest BCUT2D eigenvalue weighted by molar-refractivity contribution is 7.89. The van der Waals surface area contributed by atoms with Gasteiger partial charge in [0.15, 0.2) is 6.61 Å². The normalized spacial score (nSPS) is 11.1. The lowest BCUT2D eigenvalue weighted by Crippen LogP contribution is -2.43. The van der Waals surface area contributed by atoms with Gasteiger partial charge in [-0.05, 0) is 42.5 Å². The maximum Gasteiger partial charge on any atom is 0.272 e. The van der Waals surface area contributed by atoms with Crippen LogP contribution in [0.1, 0.15) is 0 Å². The van der Waals surface area contributed by atoms with Crippen LogP contribution < -0.4 is 15.0 Å². The van der Waals surface area contributed by atoms with E-state index in [0.717, 1.165) is 0 Å². The van der Waals surface area contributed by atoms with E-state index in [1.54, 1.807) is 0 Å². The van der Waals surface area contributed by atoms with Crippen LogP contribution in [0.4, 0.5) is 0 Å². The third kappa shape index (κ3) is 5.54. The van der Waals surface area contributed by atoms with E-state index in [2.05, 4.69) is 0 Å². The standard InChI is InChI=1S/C14H11Cl3N2O4S/c15-9-1-3-13(4-2-9)24(21,22)19-18-14(20)8-23-12-6-10(16)5-11(17)7-12/h1-7,19H,8H2,(H,18,20). The van der Waals surface area contributed by atoms with Crippen molar-refractivity contribution in [1.82, 2.24) is 10.3 Å². The lowest BCUT2D eigenvalue weighted by molar-refractivity contribution is -0.123. The summed E-state index contributed by atoms with van der Waals surface area (Å²) in [5.74, 6) is -0.424. The molecule has 0 radical (unpaired) electrons. The summed E-state index contributed by atoms with van der Waals surface area (Å²) in [6, 6.07) is 9.91. The molecule has 6 nitrogen and oxygen atoms in total. The van der Waals surface area contributed by atoms with Gasteiger partial charge in [0.2, 0.25) is 0 Å². The Balaban J connectivity index is 1.89. The number of ether oxygens (including phenoxy) is 1. The molecule has 0 unspecified atom stereocenters. The number of amides is 1. The fourth-order valence-corrected chi connectivity index (χ4v) is 3.09. The predicted octanol–water partition coefficient (Wildman–Crippen LogP) is 3.04. The fourth-order valence-electron chi connectivity index (χ4n) is 1.59. The number of carbonyl (C=O) groups is 1. The van der Waals surface area contributed by atoms with Crippen molar-refractivity contribution in [1.29, 1.82) is 0 Å². The minimum Gasteiger partial charge on any atom is -0.484 e. The summed E-state index contributed by atoms with van der Waals surface area (Å²) in [5, 5.41) is 1.09. The second kappa shape index (κ2) is 8.04. The van der Waals surface area contributed by atoms with Gasteiger partial charge in [0.1, 0.15) is 5.75 Å². The van der Waals surface area contributed by atoms with Gasteiger partial charge in [-0.1, -0.05) is 34.8 Å². The summed E-state index contributed by atoms with van der Waals surface area (Å²) in [6.07, 6.45) is 0. The zero-order valence-electron chi connectivity index (χ0n) is 11.9. The maximum absolute atomic E-state index is 12.0. The first kappa shape index (κ1) is 18.8. The van der Waals surface area contributed by atoms with Crippen molar-refractivity contribution in [3.63, 3.8) is 0 Å². The van der Waals surface area contributed by atoms with Crippen molar-refractivity contribution >= 4 is 50.7 Å². The molecule has 2 aromatic carbocycles. The smallest absolute Gasteiger partial charge is 0.272 e. The number of hydrazine groups is 1. The molecule has 0 aliphatic rings. The first-order valence-electron chi connectivity index (χ1n) is 6.41. The van der Waals surface area contributed by atoms with Gasteiger partial charge in [-0.25, -0.2) is 8.42 Å². The van der Waals surface area contributed by atoms with E-state index >= 15 is 0 Å². The van der Waals surface area contributed by atoms with Gasteiger partial charge in [0.25, 0.3) is 15.9 Å². The molecule has 10 heteroatoms. The molecule has 0 aliphatic heterocycles. The van der Waals surface area contributed by atoms with E-state index in [9.17, 15) is 13.2 Å². The van der Waals surface area contributed by atoms with Crippen LogP contribution in [-0.2, 0) is 14.8 Å². The minimum absolute atomic E-state index is 0.0465. The second-order valence-electron chi connectivity index (χ2n) is 4.50. The zero-order valence-corrected chi connectivity index (χ0v) is 15.0. The first-order valence-corrected chi connectivity index (χ1v) is 9.03. The highest BCUT2D eigenvalue weighted by Gasteiger charge is 2.15. The van der Waals surface area contributed by atoms with Crippen LogP contribution in [0.25, 0.3) is 0 Å². The van der Waals surface area contributed by atoms with Crippen LogP contribution >= 0.6 is 34.8 Å².